The van der Waals surface area contributed by atoms with Crippen molar-refractivity contribution in [3.05, 3.63) is 29.8 Å². The quantitative estimate of drug-likeness (QED) is 0.188. The Bertz CT molecular complexity index is 548. The molecule has 0 amide bonds. The van der Waals surface area contributed by atoms with Crippen LogP contribution < -0.4 is 34.3 Å². The summed E-state index contributed by atoms with van der Waals surface area (Å²) in [7, 11) is -4.64. The summed E-state index contributed by atoms with van der Waals surface area (Å²) in [5, 5.41) is 0. The second-order valence-electron chi connectivity index (χ2n) is 5.18. The Labute approximate surface area is 172 Å². The number of ether oxygens (including phenoxy) is 3. The van der Waals surface area contributed by atoms with Gasteiger partial charge in [0.05, 0.1) is 33.0 Å². The van der Waals surface area contributed by atoms with Crippen LogP contribution in [-0.2, 0) is 24.1 Å². The van der Waals surface area contributed by atoms with E-state index in [9.17, 15) is 13.0 Å². The molecule has 0 spiro atoms. The number of rotatable bonds is 13. The topological polar surface area (TPSA) is 94.1 Å². The predicted molar refractivity (Wildman–Crippen MR) is 87.9 cm³/mol. The van der Waals surface area contributed by atoms with Gasteiger partial charge in [0, 0.05) is 0 Å². The number of benzene rings is 1. The first-order valence-electron chi connectivity index (χ1n) is 7.91. The van der Waals surface area contributed by atoms with Crippen LogP contribution in [0.5, 0.6) is 5.75 Å². The van der Waals surface area contributed by atoms with Crippen molar-refractivity contribution in [2.45, 2.75) is 26.2 Å². The maximum Gasteiger partial charge on any atom is 1.00 e. The minimum atomic E-state index is -4.64. The third kappa shape index (κ3) is 12.7. The summed E-state index contributed by atoms with van der Waals surface area (Å²) >= 11 is 0. The van der Waals surface area contributed by atoms with Crippen LogP contribution in [0.25, 0.3) is 0 Å². The van der Waals surface area contributed by atoms with Gasteiger partial charge in [-0.05, 0) is 30.0 Å². The fourth-order valence-electron chi connectivity index (χ4n) is 1.86. The number of hydrogen-bond acceptors (Lipinski definition) is 7. The summed E-state index contributed by atoms with van der Waals surface area (Å²) in [6.07, 6.45) is 1.11. The van der Waals surface area contributed by atoms with Gasteiger partial charge < -0.3 is 18.8 Å². The van der Waals surface area contributed by atoms with E-state index in [4.69, 9.17) is 14.2 Å². The predicted octanol–water partition coefficient (Wildman–Crippen LogP) is -0.907. The average molecular weight is 384 g/mol. The third-order valence-corrected chi connectivity index (χ3v) is 3.84. The van der Waals surface area contributed by atoms with Gasteiger partial charge in [0.1, 0.15) is 12.4 Å². The van der Waals surface area contributed by atoms with Gasteiger partial charge >= 0.3 is 29.6 Å². The van der Waals surface area contributed by atoms with Gasteiger partial charge in [-0.25, -0.2) is 8.42 Å². The van der Waals surface area contributed by atoms with E-state index in [1.807, 2.05) is 12.1 Å². The molecule has 7 nitrogen and oxygen atoms in total. The molecule has 1 unspecified atom stereocenters. The molecule has 0 N–H and O–H groups in total. The van der Waals surface area contributed by atoms with Crippen LogP contribution >= 0.6 is 0 Å². The monoisotopic (exact) mass is 384 g/mol. The van der Waals surface area contributed by atoms with Gasteiger partial charge in [-0.3, -0.25) is 4.18 Å². The van der Waals surface area contributed by atoms with Gasteiger partial charge in [0.25, 0.3) is 0 Å². The van der Waals surface area contributed by atoms with Crippen LogP contribution in [0, 0.1) is 0 Å². The molecule has 0 aliphatic carbocycles. The molecule has 0 aliphatic rings. The van der Waals surface area contributed by atoms with Crippen molar-refractivity contribution < 1.29 is 60.9 Å². The summed E-state index contributed by atoms with van der Waals surface area (Å²) in [4.78, 5) is 0. The van der Waals surface area contributed by atoms with E-state index in [-0.39, 0.29) is 49.4 Å². The summed E-state index contributed by atoms with van der Waals surface area (Å²) in [5.74, 6) is 1.35. The van der Waals surface area contributed by atoms with Gasteiger partial charge in [-0.1, -0.05) is 26.0 Å². The first-order chi connectivity index (χ1) is 11.4. The first kappa shape index (κ1) is 24.8. The SMILES string of the molecule is CCC(C)c1ccc(OCCOCCOCCOS(=O)(=O)[O-])cc1.[Na+]. The molecule has 0 radical (unpaired) electrons. The molecule has 1 aromatic carbocycles. The van der Waals surface area contributed by atoms with E-state index >= 15 is 0 Å². The Kier molecular flexibility index (Phi) is 13.8. The van der Waals surface area contributed by atoms with E-state index in [0.29, 0.717) is 25.7 Å². The fourth-order valence-corrected chi connectivity index (χ4v) is 2.14. The van der Waals surface area contributed by atoms with E-state index in [2.05, 4.69) is 30.2 Å². The van der Waals surface area contributed by atoms with Gasteiger partial charge in [0.15, 0.2) is 0 Å². The third-order valence-electron chi connectivity index (χ3n) is 3.39. The largest absolute Gasteiger partial charge is 1.00 e. The van der Waals surface area contributed by atoms with Gasteiger partial charge in [-0.2, -0.15) is 0 Å². The molecule has 0 saturated carbocycles. The molecule has 1 aromatic rings. The van der Waals surface area contributed by atoms with Crippen LogP contribution in [-0.4, -0.2) is 52.6 Å². The fraction of sp³-hybridized carbons (Fsp3) is 0.625. The summed E-state index contributed by atoms with van der Waals surface area (Å²) in [6, 6.07) is 8.05. The zero-order valence-corrected chi connectivity index (χ0v) is 17.9. The maximum absolute atomic E-state index is 10.2. The van der Waals surface area contributed by atoms with Crippen LogP contribution in [0.4, 0.5) is 0 Å². The van der Waals surface area contributed by atoms with E-state index in [0.717, 1.165) is 12.2 Å². The molecule has 1 rings (SSSR count). The number of hydrogen-bond donors (Lipinski definition) is 0. The van der Waals surface area contributed by atoms with Crippen molar-refractivity contribution in [1.82, 2.24) is 0 Å². The van der Waals surface area contributed by atoms with Crippen LogP contribution in [0.3, 0.4) is 0 Å². The second-order valence-corrected chi connectivity index (χ2v) is 6.23. The van der Waals surface area contributed by atoms with Crippen LogP contribution in [0.15, 0.2) is 24.3 Å². The molecule has 0 aliphatic heterocycles. The molecule has 1 atom stereocenters. The van der Waals surface area contributed by atoms with Crippen molar-refractivity contribution in [2.24, 2.45) is 0 Å². The molecular weight excluding hydrogens is 359 g/mol. The molecule has 0 fully saturated rings. The van der Waals surface area contributed by atoms with Crippen molar-refractivity contribution in [2.75, 3.05) is 39.6 Å². The standard InChI is InChI=1S/C16H26O7S.Na/c1-3-14(2)15-4-6-16(7-5-15)22-12-10-20-8-9-21-11-13-23-24(17,18)19;/h4-7,14H,3,8-13H2,1-2H3,(H,17,18,19);/q;+1/p-1. The van der Waals surface area contributed by atoms with Crippen LogP contribution in [0.2, 0.25) is 0 Å². The molecule has 0 heterocycles. The van der Waals surface area contributed by atoms with Crippen molar-refractivity contribution in [1.29, 1.82) is 0 Å². The van der Waals surface area contributed by atoms with Gasteiger partial charge in [0.2, 0.25) is 10.4 Å². The van der Waals surface area contributed by atoms with E-state index < -0.39 is 10.4 Å². The minimum Gasteiger partial charge on any atom is -0.726 e. The van der Waals surface area contributed by atoms with Crippen molar-refractivity contribution in [3.63, 3.8) is 0 Å². The smallest absolute Gasteiger partial charge is 0.726 e. The van der Waals surface area contributed by atoms with Crippen molar-refractivity contribution in [3.8, 4) is 5.75 Å². The summed E-state index contributed by atoms with van der Waals surface area (Å²) in [5.41, 5.74) is 1.30. The molecule has 0 aromatic heterocycles. The molecule has 25 heavy (non-hydrogen) atoms. The van der Waals surface area contributed by atoms with Crippen LogP contribution in [0.1, 0.15) is 31.7 Å². The zero-order chi connectivity index (χ0) is 17.8. The molecule has 138 valence electrons. The Balaban J connectivity index is 0.00000576. The Hall–Kier alpha value is -0.190. The van der Waals surface area contributed by atoms with E-state index in [1.165, 1.54) is 5.56 Å². The first-order valence-corrected chi connectivity index (χ1v) is 9.24. The second kappa shape index (κ2) is 13.9. The zero-order valence-electron chi connectivity index (χ0n) is 15.1. The summed E-state index contributed by atoms with van der Waals surface area (Å²) in [6.45, 7) is 5.56. The minimum absolute atomic E-state index is 0. The van der Waals surface area contributed by atoms with Gasteiger partial charge in [-0.15, -0.1) is 0 Å². The molecule has 0 bridgehead atoms. The Morgan fingerprint density at radius 2 is 1.48 bits per heavy atom. The van der Waals surface area contributed by atoms with Crippen molar-refractivity contribution >= 4 is 10.4 Å². The molecular formula is C16H25NaO7S. The average Bonchev–Trinajstić information content (AvgIpc) is 2.55. The molecule has 9 heteroatoms. The Morgan fingerprint density at radius 3 is 2.00 bits per heavy atom. The molecule has 0 saturated heterocycles. The maximum atomic E-state index is 10.2. The normalized spacial score (nSPS) is 12.4. The Morgan fingerprint density at radius 1 is 0.960 bits per heavy atom. The van der Waals surface area contributed by atoms with E-state index in [1.54, 1.807) is 0 Å². The summed E-state index contributed by atoms with van der Waals surface area (Å²) < 4.78 is 50.4.